The molecule has 2 aromatic carbocycles. The number of nitrogens with zero attached hydrogens (tertiary/aromatic N) is 1. The lowest BCUT2D eigenvalue weighted by molar-refractivity contribution is -0.130. The van der Waals surface area contributed by atoms with E-state index >= 15 is 0 Å². The highest BCUT2D eigenvalue weighted by Gasteiger charge is 2.33. The van der Waals surface area contributed by atoms with Crippen LogP contribution in [0.4, 0.5) is 0 Å². The molecule has 2 heteroatoms. The second kappa shape index (κ2) is 6.89. The number of carbonyl (C=O) groups is 1. The van der Waals surface area contributed by atoms with E-state index in [1.54, 1.807) is 0 Å². The van der Waals surface area contributed by atoms with Gasteiger partial charge in [-0.25, -0.2) is 0 Å². The topological polar surface area (TPSA) is 20.3 Å². The molecule has 0 radical (unpaired) electrons. The standard InChI is InChI=1S/C20H23NO/c1-21-14-18(12-16-8-4-2-5-9-16)20(22)19(15-21)13-17-10-6-3-7-11-17/h2-11,18-19H,12-15H2,1H3/t18-,19+. The first-order valence-electron chi connectivity index (χ1n) is 8.02. The zero-order chi connectivity index (χ0) is 15.4. The third-order valence-corrected chi connectivity index (χ3v) is 4.52. The van der Waals surface area contributed by atoms with Crippen LogP contribution in [0.3, 0.4) is 0 Å². The highest BCUT2D eigenvalue weighted by atomic mass is 16.1. The van der Waals surface area contributed by atoms with Gasteiger partial charge in [-0.2, -0.15) is 0 Å². The lowest BCUT2D eigenvalue weighted by Crippen LogP contribution is -2.46. The molecular weight excluding hydrogens is 270 g/mol. The van der Waals surface area contributed by atoms with Gasteiger partial charge in [0.15, 0.2) is 0 Å². The van der Waals surface area contributed by atoms with E-state index in [-0.39, 0.29) is 11.8 Å². The van der Waals surface area contributed by atoms with E-state index in [9.17, 15) is 4.79 Å². The summed E-state index contributed by atoms with van der Waals surface area (Å²) in [7, 11) is 2.13. The van der Waals surface area contributed by atoms with Gasteiger partial charge in [0.25, 0.3) is 0 Å². The molecule has 2 aromatic rings. The maximum absolute atomic E-state index is 12.9. The lowest BCUT2D eigenvalue weighted by atomic mass is 9.81. The Hall–Kier alpha value is -1.93. The monoisotopic (exact) mass is 293 g/mol. The molecule has 0 aromatic heterocycles. The third-order valence-electron chi connectivity index (χ3n) is 4.52. The van der Waals surface area contributed by atoms with Gasteiger partial charge in [-0.05, 0) is 31.0 Å². The van der Waals surface area contributed by atoms with Gasteiger partial charge in [-0.1, -0.05) is 60.7 Å². The van der Waals surface area contributed by atoms with Crippen LogP contribution >= 0.6 is 0 Å². The van der Waals surface area contributed by atoms with Crippen molar-refractivity contribution in [3.63, 3.8) is 0 Å². The first kappa shape index (κ1) is 15.0. The summed E-state index contributed by atoms with van der Waals surface area (Å²) in [4.78, 5) is 15.2. The average Bonchev–Trinajstić information content (AvgIpc) is 2.54. The molecule has 0 amide bonds. The SMILES string of the molecule is CN1C[C@@H](Cc2ccccc2)C(=O)[C@@H](Cc2ccccc2)C1. The minimum Gasteiger partial charge on any atom is -0.305 e. The van der Waals surface area contributed by atoms with E-state index in [2.05, 4.69) is 36.2 Å². The van der Waals surface area contributed by atoms with Gasteiger partial charge in [0.2, 0.25) is 0 Å². The molecule has 2 atom stereocenters. The molecule has 22 heavy (non-hydrogen) atoms. The second-order valence-corrected chi connectivity index (χ2v) is 6.40. The molecule has 1 saturated heterocycles. The maximum Gasteiger partial charge on any atom is 0.142 e. The van der Waals surface area contributed by atoms with Crippen LogP contribution < -0.4 is 0 Å². The maximum atomic E-state index is 12.9. The van der Waals surface area contributed by atoms with Crippen LogP contribution in [0.25, 0.3) is 0 Å². The number of rotatable bonds is 4. The lowest BCUT2D eigenvalue weighted by Gasteiger charge is -2.34. The van der Waals surface area contributed by atoms with Crippen molar-refractivity contribution in [2.75, 3.05) is 20.1 Å². The molecule has 1 aliphatic rings. The summed E-state index contributed by atoms with van der Waals surface area (Å²) in [6.07, 6.45) is 1.71. The summed E-state index contributed by atoms with van der Waals surface area (Å²) in [5.41, 5.74) is 2.52. The number of ketones is 1. The number of hydrogen-bond acceptors (Lipinski definition) is 2. The molecule has 3 rings (SSSR count). The molecule has 1 heterocycles. The number of hydrogen-bond donors (Lipinski definition) is 0. The number of piperidine rings is 1. The van der Waals surface area contributed by atoms with Crippen molar-refractivity contribution in [2.45, 2.75) is 12.8 Å². The van der Waals surface area contributed by atoms with E-state index in [0.717, 1.165) is 25.9 Å². The molecular formula is C20H23NO. The number of carbonyl (C=O) groups excluding carboxylic acids is 1. The Morgan fingerprint density at radius 2 is 1.23 bits per heavy atom. The summed E-state index contributed by atoms with van der Waals surface area (Å²) in [5.74, 6) is 0.676. The fourth-order valence-corrected chi connectivity index (χ4v) is 3.47. The Balaban J connectivity index is 1.71. The predicted molar refractivity (Wildman–Crippen MR) is 89.8 cm³/mol. The first-order valence-corrected chi connectivity index (χ1v) is 8.02. The zero-order valence-corrected chi connectivity index (χ0v) is 13.1. The molecule has 0 saturated carbocycles. The Morgan fingerprint density at radius 1 is 0.818 bits per heavy atom. The third kappa shape index (κ3) is 3.63. The zero-order valence-electron chi connectivity index (χ0n) is 13.1. The Labute approximate surface area is 132 Å². The molecule has 1 fully saturated rings. The van der Waals surface area contributed by atoms with Crippen molar-refractivity contribution >= 4 is 5.78 Å². The minimum atomic E-state index is 0.120. The molecule has 1 aliphatic heterocycles. The highest BCUT2D eigenvalue weighted by molar-refractivity contribution is 5.85. The molecule has 0 unspecified atom stereocenters. The summed E-state index contributed by atoms with van der Waals surface area (Å²) >= 11 is 0. The smallest absolute Gasteiger partial charge is 0.142 e. The van der Waals surface area contributed by atoms with Gasteiger partial charge in [0.1, 0.15) is 5.78 Å². The first-order chi connectivity index (χ1) is 10.7. The minimum absolute atomic E-state index is 0.120. The quantitative estimate of drug-likeness (QED) is 0.862. The summed E-state index contributed by atoms with van der Waals surface area (Å²) in [5, 5.41) is 0. The van der Waals surface area contributed by atoms with Gasteiger partial charge in [-0.15, -0.1) is 0 Å². The van der Waals surface area contributed by atoms with E-state index in [1.807, 2.05) is 36.4 Å². The van der Waals surface area contributed by atoms with E-state index in [4.69, 9.17) is 0 Å². The summed E-state index contributed by atoms with van der Waals surface area (Å²) in [6.45, 7) is 1.75. The summed E-state index contributed by atoms with van der Waals surface area (Å²) < 4.78 is 0. The molecule has 0 bridgehead atoms. The number of likely N-dealkylation sites (tertiary alicyclic amines) is 1. The fourth-order valence-electron chi connectivity index (χ4n) is 3.47. The molecule has 0 spiro atoms. The van der Waals surface area contributed by atoms with Crippen LogP contribution in [0.2, 0.25) is 0 Å². The van der Waals surface area contributed by atoms with Crippen LogP contribution in [-0.4, -0.2) is 30.8 Å². The Morgan fingerprint density at radius 3 is 1.64 bits per heavy atom. The van der Waals surface area contributed by atoms with E-state index in [1.165, 1.54) is 11.1 Å². The van der Waals surface area contributed by atoms with Crippen molar-refractivity contribution in [1.29, 1.82) is 0 Å². The molecule has 0 N–H and O–H groups in total. The van der Waals surface area contributed by atoms with E-state index < -0.39 is 0 Å². The van der Waals surface area contributed by atoms with E-state index in [0.29, 0.717) is 5.78 Å². The van der Waals surface area contributed by atoms with Crippen LogP contribution in [0, 0.1) is 11.8 Å². The van der Waals surface area contributed by atoms with Gasteiger partial charge >= 0.3 is 0 Å². The highest BCUT2D eigenvalue weighted by Crippen LogP contribution is 2.24. The summed E-state index contributed by atoms with van der Waals surface area (Å²) in [6, 6.07) is 20.7. The Bertz CT molecular complexity index is 555. The van der Waals surface area contributed by atoms with Crippen molar-refractivity contribution in [2.24, 2.45) is 11.8 Å². The fraction of sp³-hybridized carbons (Fsp3) is 0.350. The van der Waals surface area contributed by atoms with Crippen molar-refractivity contribution in [3.05, 3.63) is 71.8 Å². The van der Waals surface area contributed by atoms with Crippen molar-refractivity contribution < 1.29 is 4.79 Å². The van der Waals surface area contributed by atoms with Gasteiger partial charge in [0.05, 0.1) is 0 Å². The molecule has 2 nitrogen and oxygen atoms in total. The Kier molecular flexibility index (Phi) is 4.69. The van der Waals surface area contributed by atoms with Crippen LogP contribution in [0.5, 0.6) is 0 Å². The van der Waals surface area contributed by atoms with Gasteiger partial charge in [-0.3, -0.25) is 4.79 Å². The van der Waals surface area contributed by atoms with Crippen LogP contribution in [-0.2, 0) is 17.6 Å². The second-order valence-electron chi connectivity index (χ2n) is 6.40. The number of Topliss-reactive ketones (excluding diaryl/α,β-unsaturated/α-hetero) is 1. The molecule has 0 aliphatic carbocycles. The largest absolute Gasteiger partial charge is 0.305 e. The van der Waals surface area contributed by atoms with Gasteiger partial charge < -0.3 is 4.90 Å². The predicted octanol–water partition coefficient (Wildman–Crippen LogP) is 3.22. The average molecular weight is 293 g/mol. The van der Waals surface area contributed by atoms with Crippen LogP contribution in [0.15, 0.2) is 60.7 Å². The normalized spacial score (nSPS) is 22.7. The van der Waals surface area contributed by atoms with Crippen molar-refractivity contribution in [3.8, 4) is 0 Å². The van der Waals surface area contributed by atoms with Crippen LogP contribution in [0.1, 0.15) is 11.1 Å². The number of benzene rings is 2. The van der Waals surface area contributed by atoms with Gasteiger partial charge in [0, 0.05) is 24.9 Å². The van der Waals surface area contributed by atoms with Crippen molar-refractivity contribution in [1.82, 2.24) is 4.90 Å². The molecule has 114 valence electrons.